The summed E-state index contributed by atoms with van der Waals surface area (Å²) in [6.07, 6.45) is 12.5. The van der Waals surface area contributed by atoms with E-state index < -0.39 is 0 Å². The molecule has 4 aromatic heterocycles. The predicted molar refractivity (Wildman–Crippen MR) is 78.1 cm³/mol. The Balaban J connectivity index is 1.81. The van der Waals surface area contributed by atoms with Crippen molar-refractivity contribution in [1.82, 2.24) is 29.5 Å². The fourth-order valence-electron chi connectivity index (χ4n) is 2.18. The monoisotopic (exact) mass is 277 g/mol. The van der Waals surface area contributed by atoms with Crippen molar-refractivity contribution in [3.63, 3.8) is 0 Å². The van der Waals surface area contributed by atoms with Crippen LogP contribution < -0.4 is 5.32 Å². The molecule has 2 N–H and O–H groups in total. The van der Waals surface area contributed by atoms with E-state index in [2.05, 4.69) is 30.5 Å². The van der Waals surface area contributed by atoms with Crippen molar-refractivity contribution in [2.75, 3.05) is 5.32 Å². The Hall–Kier alpha value is -3.22. The number of anilines is 2. The summed E-state index contributed by atoms with van der Waals surface area (Å²) < 4.78 is 1.97. The van der Waals surface area contributed by atoms with E-state index >= 15 is 0 Å². The third-order valence-electron chi connectivity index (χ3n) is 3.17. The van der Waals surface area contributed by atoms with Crippen LogP contribution >= 0.6 is 0 Å². The average Bonchev–Trinajstić information content (AvgIpc) is 3.17. The van der Waals surface area contributed by atoms with E-state index in [1.54, 1.807) is 31.0 Å². The van der Waals surface area contributed by atoms with Crippen molar-refractivity contribution in [2.45, 2.75) is 0 Å². The highest BCUT2D eigenvalue weighted by Crippen LogP contribution is 2.24. The molecule has 4 aromatic rings. The van der Waals surface area contributed by atoms with Gasteiger partial charge in [-0.1, -0.05) is 0 Å². The topological polar surface area (TPSA) is 83.8 Å². The van der Waals surface area contributed by atoms with Crippen molar-refractivity contribution in [3.8, 4) is 11.3 Å². The van der Waals surface area contributed by atoms with Gasteiger partial charge in [0.2, 0.25) is 0 Å². The molecule has 0 unspecified atom stereocenters. The molecule has 4 heterocycles. The van der Waals surface area contributed by atoms with E-state index in [1.165, 1.54) is 0 Å². The lowest BCUT2D eigenvalue weighted by molar-refractivity contribution is 1.09. The van der Waals surface area contributed by atoms with E-state index in [4.69, 9.17) is 0 Å². The summed E-state index contributed by atoms with van der Waals surface area (Å²) in [6.45, 7) is 0. The largest absolute Gasteiger partial charge is 0.337 e. The van der Waals surface area contributed by atoms with Gasteiger partial charge in [-0.25, -0.2) is 9.97 Å². The summed E-state index contributed by atoms with van der Waals surface area (Å²) in [5.41, 5.74) is 3.60. The SMILES string of the molecule is c1cc(Nc2nccn3c(-c4cn[nH]c4)cnc23)ccn1. The standard InChI is InChI=1S/C14H11N7/c1-3-15-4-2-11(1)20-13-14-17-9-12(10-7-18-19-8-10)21(14)6-5-16-13/h1-9H,(H,18,19)(H,15,16,20). The van der Waals surface area contributed by atoms with Gasteiger partial charge in [-0.2, -0.15) is 5.10 Å². The fraction of sp³-hybridized carbons (Fsp3) is 0. The van der Waals surface area contributed by atoms with Crippen molar-refractivity contribution in [2.24, 2.45) is 0 Å². The second-order valence-corrected chi connectivity index (χ2v) is 4.46. The van der Waals surface area contributed by atoms with Crippen LogP contribution in [0.15, 0.2) is 55.5 Å². The third-order valence-corrected chi connectivity index (χ3v) is 3.17. The van der Waals surface area contributed by atoms with Crippen LogP contribution in [0.4, 0.5) is 11.5 Å². The molecule has 0 spiro atoms. The molecule has 21 heavy (non-hydrogen) atoms. The molecule has 0 fully saturated rings. The Labute approximate surface area is 119 Å². The van der Waals surface area contributed by atoms with E-state index in [9.17, 15) is 0 Å². The Morgan fingerprint density at radius 3 is 2.76 bits per heavy atom. The number of rotatable bonds is 3. The predicted octanol–water partition coefficient (Wildman–Crippen LogP) is 2.26. The van der Waals surface area contributed by atoms with Gasteiger partial charge in [-0.15, -0.1) is 0 Å². The minimum Gasteiger partial charge on any atom is -0.337 e. The number of H-pyrrole nitrogens is 1. The van der Waals surface area contributed by atoms with Crippen LogP contribution in [0, 0.1) is 0 Å². The zero-order chi connectivity index (χ0) is 14.1. The first kappa shape index (κ1) is 11.6. The van der Waals surface area contributed by atoms with Gasteiger partial charge in [0, 0.05) is 42.2 Å². The van der Waals surface area contributed by atoms with Crippen LogP contribution in [0.1, 0.15) is 0 Å². The van der Waals surface area contributed by atoms with Gasteiger partial charge in [0.15, 0.2) is 11.5 Å². The van der Waals surface area contributed by atoms with Crippen LogP contribution in [-0.4, -0.2) is 29.5 Å². The van der Waals surface area contributed by atoms with Gasteiger partial charge >= 0.3 is 0 Å². The van der Waals surface area contributed by atoms with Crippen molar-refractivity contribution in [3.05, 3.63) is 55.5 Å². The van der Waals surface area contributed by atoms with Crippen molar-refractivity contribution >= 4 is 17.2 Å². The molecule has 0 saturated carbocycles. The Morgan fingerprint density at radius 2 is 1.95 bits per heavy atom. The van der Waals surface area contributed by atoms with Crippen molar-refractivity contribution < 1.29 is 0 Å². The third kappa shape index (κ3) is 2.00. The van der Waals surface area contributed by atoms with Crippen molar-refractivity contribution in [1.29, 1.82) is 0 Å². The van der Waals surface area contributed by atoms with Crippen LogP contribution in [-0.2, 0) is 0 Å². The highest BCUT2D eigenvalue weighted by molar-refractivity contribution is 5.73. The molecule has 0 atom stereocenters. The molecule has 0 bridgehead atoms. The summed E-state index contributed by atoms with van der Waals surface area (Å²) in [5, 5.41) is 10.0. The van der Waals surface area contributed by atoms with E-state index in [0.29, 0.717) is 5.82 Å². The molecule has 0 aliphatic heterocycles. The first-order valence-electron chi connectivity index (χ1n) is 6.40. The molecule has 0 radical (unpaired) electrons. The Bertz CT molecular complexity index is 865. The zero-order valence-corrected chi connectivity index (χ0v) is 10.9. The quantitative estimate of drug-likeness (QED) is 0.600. The number of pyridine rings is 1. The normalized spacial score (nSPS) is 10.9. The molecule has 102 valence electrons. The van der Waals surface area contributed by atoms with Gasteiger partial charge in [-0.05, 0) is 12.1 Å². The number of nitrogens with zero attached hydrogens (tertiary/aromatic N) is 5. The highest BCUT2D eigenvalue weighted by atomic mass is 15.1. The molecular weight excluding hydrogens is 266 g/mol. The second-order valence-electron chi connectivity index (χ2n) is 4.46. The fourth-order valence-corrected chi connectivity index (χ4v) is 2.18. The minimum absolute atomic E-state index is 0.693. The van der Waals surface area contributed by atoms with Crippen LogP contribution in [0.2, 0.25) is 0 Å². The van der Waals surface area contributed by atoms with Crippen LogP contribution in [0.3, 0.4) is 0 Å². The van der Waals surface area contributed by atoms with Gasteiger partial charge in [-0.3, -0.25) is 14.5 Å². The maximum Gasteiger partial charge on any atom is 0.180 e. The van der Waals surface area contributed by atoms with Gasteiger partial charge in [0.05, 0.1) is 18.1 Å². The maximum absolute atomic E-state index is 4.45. The smallest absolute Gasteiger partial charge is 0.180 e. The van der Waals surface area contributed by atoms with E-state index in [1.807, 2.05) is 28.9 Å². The van der Waals surface area contributed by atoms with Gasteiger partial charge in [0.25, 0.3) is 0 Å². The lowest BCUT2D eigenvalue weighted by atomic mass is 10.3. The number of fused-ring (bicyclic) bond motifs is 1. The van der Waals surface area contributed by atoms with Gasteiger partial charge < -0.3 is 5.32 Å². The van der Waals surface area contributed by atoms with E-state index in [0.717, 1.165) is 22.6 Å². The molecule has 7 heteroatoms. The Morgan fingerprint density at radius 1 is 1.05 bits per heavy atom. The number of aromatic nitrogens is 6. The zero-order valence-electron chi connectivity index (χ0n) is 10.9. The Kier molecular flexibility index (Phi) is 2.60. The number of aromatic amines is 1. The van der Waals surface area contributed by atoms with Crippen LogP contribution in [0.25, 0.3) is 16.9 Å². The maximum atomic E-state index is 4.45. The molecule has 0 aromatic carbocycles. The molecule has 0 amide bonds. The summed E-state index contributed by atoms with van der Waals surface area (Å²) >= 11 is 0. The second kappa shape index (κ2) is 4.71. The molecule has 0 aliphatic carbocycles. The number of hydrogen-bond donors (Lipinski definition) is 2. The van der Waals surface area contributed by atoms with Crippen LogP contribution in [0.5, 0.6) is 0 Å². The first-order valence-corrected chi connectivity index (χ1v) is 6.40. The van der Waals surface area contributed by atoms with E-state index in [-0.39, 0.29) is 0 Å². The first-order chi connectivity index (χ1) is 10.4. The molecule has 4 rings (SSSR count). The summed E-state index contributed by atoms with van der Waals surface area (Å²) in [6, 6.07) is 3.76. The molecule has 7 nitrogen and oxygen atoms in total. The lowest BCUT2D eigenvalue weighted by Crippen LogP contribution is -1.98. The molecular formula is C14H11N7. The minimum atomic E-state index is 0.693. The average molecular weight is 277 g/mol. The lowest BCUT2D eigenvalue weighted by Gasteiger charge is -2.06. The number of nitrogens with one attached hydrogen (secondary N) is 2. The molecule has 0 saturated heterocycles. The summed E-state index contributed by atoms with van der Waals surface area (Å²) in [7, 11) is 0. The summed E-state index contributed by atoms with van der Waals surface area (Å²) in [5.74, 6) is 0.693. The number of imidazole rings is 1. The number of hydrogen-bond acceptors (Lipinski definition) is 5. The molecule has 0 aliphatic rings. The van der Waals surface area contributed by atoms with Gasteiger partial charge in [0.1, 0.15) is 0 Å². The highest BCUT2D eigenvalue weighted by Gasteiger charge is 2.10. The summed E-state index contributed by atoms with van der Waals surface area (Å²) in [4.78, 5) is 12.8.